The van der Waals surface area contributed by atoms with E-state index in [-0.39, 0.29) is 50.5 Å². The quantitative estimate of drug-likeness (QED) is 0.0290. The number of aromatic amines is 3. The molecular weight excluding hydrogens is 947 g/mol. The van der Waals surface area contributed by atoms with Gasteiger partial charge < -0.3 is 68.5 Å². The van der Waals surface area contributed by atoms with E-state index >= 15 is 0 Å². The summed E-state index contributed by atoms with van der Waals surface area (Å²) in [4.78, 5) is 148. The second-order valence-electron chi connectivity index (χ2n) is 18.6. The number of carbonyl (C=O) groups is 10. The molecular formula is C48H69N15O10. The van der Waals surface area contributed by atoms with E-state index in [0.717, 1.165) is 10.9 Å². The molecule has 0 unspecified atom stereocenters. The molecule has 25 nitrogen and oxygen atoms in total. The molecule has 7 atom stereocenters. The number of para-hydroxylation sites is 1. The summed E-state index contributed by atoms with van der Waals surface area (Å²) in [5.74, 6) is -7.06. The Morgan fingerprint density at radius 3 is 1.74 bits per heavy atom. The predicted molar refractivity (Wildman–Crippen MR) is 266 cm³/mol. The molecule has 4 aromatic rings. The molecule has 0 radical (unpaired) electrons. The molecule has 73 heavy (non-hydrogen) atoms. The van der Waals surface area contributed by atoms with Gasteiger partial charge in [0.1, 0.15) is 36.3 Å². The Morgan fingerprint density at radius 1 is 0.603 bits per heavy atom. The average molecular weight is 1020 g/mol. The molecule has 0 aliphatic heterocycles. The normalized spacial score (nSPS) is 14.0. The average Bonchev–Trinajstić information content (AvgIpc) is 4.13. The fourth-order valence-corrected chi connectivity index (χ4v) is 7.77. The van der Waals surface area contributed by atoms with Gasteiger partial charge >= 0.3 is 0 Å². The van der Waals surface area contributed by atoms with Gasteiger partial charge in [0, 0.05) is 93.0 Å². The van der Waals surface area contributed by atoms with Crippen molar-refractivity contribution in [1.82, 2.24) is 72.8 Å². The van der Waals surface area contributed by atoms with Crippen LogP contribution in [-0.2, 0) is 67.2 Å². The Morgan fingerprint density at radius 2 is 1.18 bits per heavy atom. The standard InChI is InChI=1S/C48H69N15O10/c1-25(2)14-33(21-52-28(6)64)59-46(71)38(16-31-19-50-23-55-31)60-41(67)22-54-48(73)42(26(3)4)63-43(68)27(5)57-45(70)37(15-30-18-53-35-11-9-8-10-34(30)35)61-47(72)39(17-32-20-51-24-56-32)62-44(69)36(58-29(7)65)12-13-40(49)66/h8-11,18-20,23-27,33,36-39,42,53H,12-17,21-22H2,1-7H3,(H2,49,66)(H,50,55)(H,51,56)(H,52,64)(H,54,73)(H,57,70)(H,58,65)(H,59,71)(H,60,67)(H,61,72)(H,62,69)(H,63,68)/t27-,33-,36-,37-,38-,39-,42-/m0/s1. The Bertz CT molecular complexity index is 2520. The molecule has 0 fully saturated rings. The minimum Gasteiger partial charge on any atom is -0.370 e. The molecule has 396 valence electrons. The molecule has 0 aliphatic rings. The summed E-state index contributed by atoms with van der Waals surface area (Å²) in [6.07, 6.45) is 7.35. The molecule has 10 amide bonds. The van der Waals surface area contributed by atoms with Crippen molar-refractivity contribution in [3.8, 4) is 0 Å². The zero-order valence-electron chi connectivity index (χ0n) is 42.1. The molecule has 3 heterocycles. The van der Waals surface area contributed by atoms with Crippen LogP contribution in [0.5, 0.6) is 0 Å². The van der Waals surface area contributed by atoms with E-state index < -0.39 is 108 Å². The Hall–Kier alpha value is -8.12. The number of H-pyrrole nitrogens is 3. The van der Waals surface area contributed by atoms with E-state index in [9.17, 15) is 47.9 Å². The van der Waals surface area contributed by atoms with Crippen molar-refractivity contribution in [2.45, 2.75) is 129 Å². The molecule has 0 aliphatic carbocycles. The van der Waals surface area contributed by atoms with Gasteiger partial charge in [-0.15, -0.1) is 0 Å². The first kappa shape index (κ1) is 57.5. The zero-order chi connectivity index (χ0) is 53.8. The van der Waals surface area contributed by atoms with Gasteiger partial charge in [-0.05, 0) is 43.2 Å². The maximum absolute atomic E-state index is 14.2. The number of nitrogens with one attached hydrogen (secondary N) is 12. The molecule has 4 rings (SSSR count). The van der Waals surface area contributed by atoms with Crippen molar-refractivity contribution in [1.29, 1.82) is 0 Å². The molecule has 0 saturated carbocycles. The van der Waals surface area contributed by atoms with Crippen LogP contribution < -0.4 is 53.6 Å². The highest BCUT2D eigenvalue weighted by atomic mass is 16.2. The van der Waals surface area contributed by atoms with Crippen molar-refractivity contribution < 1.29 is 47.9 Å². The number of hydrogen-bond donors (Lipinski definition) is 13. The van der Waals surface area contributed by atoms with E-state index in [4.69, 9.17) is 5.73 Å². The Balaban J connectivity index is 1.47. The first-order chi connectivity index (χ1) is 34.6. The summed E-state index contributed by atoms with van der Waals surface area (Å²) in [6, 6.07) is -0.713. The highest BCUT2D eigenvalue weighted by molar-refractivity contribution is 5.98. The highest BCUT2D eigenvalue weighted by Gasteiger charge is 2.34. The van der Waals surface area contributed by atoms with Crippen LogP contribution in [-0.4, -0.2) is 139 Å². The number of rotatable bonds is 29. The monoisotopic (exact) mass is 1020 g/mol. The number of primary amides is 1. The number of aromatic nitrogens is 5. The van der Waals surface area contributed by atoms with E-state index in [1.165, 1.54) is 45.8 Å². The smallest absolute Gasteiger partial charge is 0.243 e. The van der Waals surface area contributed by atoms with Gasteiger partial charge in [-0.2, -0.15) is 0 Å². The minimum atomic E-state index is -1.36. The van der Waals surface area contributed by atoms with E-state index in [1.54, 1.807) is 26.1 Å². The van der Waals surface area contributed by atoms with E-state index in [0.29, 0.717) is 23.4 Å². The lowest BCUT2D eigenvalue weighted by molar-refractivity contribution is -0.135. The van der Waals surface area contributed by atoms with Crippen molar-refractivity contribution in [2.24, 2.45) is 17.6 Å². The van der Waals surface area contributed by atoms with Crippen LogP contribution in [0.3, 0.4) is 0 Å². The van der Waals surface area contributed by atoms with Crippen molar-refractivity contribution in [2.75, 3.05) is 13.1 Å². The topological polar surface area (TPSA) is 378 Å². The van der Waals surface area contributed by atoms with Crippen LogP contribution in [0.25, 0.3) is 10.9 Å². The predicted octanol–water partition coefficient (Wildman–Crippen LogP) is -1.70. The number of imidazole rings is 2. The Kier molecular flexibility index (Phi) is 22.1. The van der Waals surface area contributed by atoms with Crippen LogP contribution in [0.4, 0.5) is 0 Å². The van der Waals surface area contributed by atoms with Gasteiger partial charge in [0.2, 0.25) is 59.1 Å². The van der Waals surface area contributed by atoms with Crippen molar-refractivity contribution in [3.05, 3.63) is 72.5 Å². The zero-order valence-corrected chi connectivity index (χ0v) is 42.1. The lowest BCUT2D eigenvalue weighted by atomic mass is 10.0. The molecule has 0 spiro atoms. The number of nitrogens with zero attached hydrogens (tertiary/aromatic N) is 2. The highest BCUT2D eigenvalue weighted by Crippen LogP contribution is 2.20. The van der Waals surface area contributed by atoms with Crippen LogP contribution in [0.1, 0.15) is 84.7 Å². The number of hydrogen-bond acceptors (Lipinski definition) is 12. The fraction of sp³-hybridized carbons (Fsp3) is 0.500. The third-order valence-electron chi connectivity index (χ3n) is 11.5. The van der Waals surface area contributed by atoms with Gasteiger partial charge in [0.15, 0.2) is 0 Å². The van der Waals surface area contributed by atoms with Crippen molar-refractivity contribution >= 4 is 70.0 Å². The van der Waals surface area contributed by atoms with Gasteiger partial charge in [0.25, 0.3) is 0 Å². The first-order valence-corrected chi connectivity index (χ1v) is 24.0. The SMILES string of the molecule is CC(=O)NC[C@H](CC(C)C)NC(=O)[C@H](Cc1cnc[nH]1)NC(=O)CNC(=O)[C@@H](NC(=O)[C@H](C)NC(=O)[C@H](Cc1c[nH]c2ccccc12)NC(=O)[C@H](Cc1cnc[nH]1)NC(=O)[C@H](CCC(N)=O)NC(C)=O)C(C)C. The maximum Gasteiger partial charge on any atom is 0.243 e. The van der Waals surface area contributed by atoms with Crippen LogP contribution in [0.2, 0.25) is 0 Å². The van der Waals surface area contributed by atoms with E-state index in [1.807, 2.05) is 32.0 Å². The summed E-state index contributed by atoms with van der Waals surface area (Å²) >= 11 is 0. The summed E-state index contributed by atoms with van der Waals surface area (Å²) in [5, 5.41) is 24.6. The van der Waals surface area contributed by atoms with Gasteiger partial charge in [0.05, 0.1) is 19.2 Å². The maximum atomic E-state index is 14.2. The van der Waals surface area contributed by atoms with Gasteiger partial charge in [-0.25, -0.2) is 9.97 Å². The number of fused-ring (bicyclic) bond motifs is 1. The number of carbonyl (C=O) groups excluding carboxylic acids is 10. The fourth-order valence-electron chi connectivity index (χ4n) is 7.77. The first-order valence-electron chi connectivity index (χ1n) is 24.0. The molecule has 0 saturated heterocycles. The van der Waals surface area contributed by atoms with E-state index in [2.05, 4.69) is 72.8 Å². The lowest BCUT2D eigenvalue weighted by Gasteiger charge is -2.27. The van der Waals surface area contributed by atoms with Gasteiger partial charge in [-0.3, -0.25) is 47.9 Å². The number of nitrogens with two attached hydrogens (primary N) is 1. The molecule has 25 heteroatoms. The Labute approximate surface area is 422 Å². The van der Waals surface area contributed by atoms with Gasteiger partial charge in [-0.1, -0.05) is 45.9 Å². The molecule has 0 bridgehead atoms. The summed E-state index contributed by atoms with van der Waals surface area (Å²) in [6.45, 7) is 10.8. The minimum absolute atomic E-state index is 0.0308. The third kappa shape index (κ3) is 19.2. The largest absolute Gasteiger partial charge is 0.370 e. The second kappa shape index (κ2) is 28.1. The van der Waals surface area contributed by atoms with Crippen LogP contribution >= 0.6 is 0 Å². The van der Waals surface area contributed by atoms with Crippen LogP contribution in [0.15, 0.2) is 55.5 Å². The van der Waals surface area contributed by atoms with Crippen molar-refractivity contribution in [3.63, 3.8) is 0 Å². The summed E-state index contributed by atoms with van der Waals surface area (Å²) < 4.78 is 0. The number of benzene rings is 1. The molecule has 14 N–H and O–H groups in total. The second-order valence-corrected chi connectivity index (χ2v) is 18.6. The lowest BCUT2D eigenvalue weighted by Crippen LogP contribution is -2.60. The number of amides is 10. The molecule has 3 aromatic heterocycles. The third-order valence-corrected chi connectivity index (χ3v) is 11.5. The summed E-state index contributed by atoms with van der Waals surface area (Å²) in [7, 11) is 0. The summed E-state index contributed by atoms with van der Waals surface area (Å²) in [5.41, 5.74) is 7.67. The van der Waals surface area contributed by atoms with Crippen LogP contribution in [0, 0.1) is 11.8 Å². The molecule has 1 aromatic carbocycles.